The molecule has 1 saturated heterocycles. The van der Waals surface area contributed by atoms with Gasteiger partial charge in [-0.3, -0.25) is 19.8 Å². The second kappa shape index (κ2) is 9.45. The molecular formula is C21H24F3N5O4S. The van der Waals surface area contributed by atoms with Crippen molar-refractivity contribution in [1.82, 2.24) is 9.88 Å². The van der Waals surface area contributed by atoms with Crippen molar-refractivity contribution in [2.24, 2.45) is 11.1 Å². The normalized spacial score (nSPS) is 21.4. The van der Waals surface area contributed by atoms with E-state index in [4.69, 9.17) is 4.84 Å². The maximum absolute atomic E-state index is 13.2. The highest BCUT2D eigenvalue weighted by atomic mass is 32.1. The van der Waals surface area contributed by atoms with Crippen LogP contribution in [-0.4, -0.2) is 59.3 Å². The molecule has 9 nitrogen and oxygen atoms in total. The van der Waals surface area contributed by atoms with Crippen molar-refractivity contribution in [2.75, 3.05) is 37.7 Å². The Morgan fingerprint density at radius 3 is 2.68 bits per heavy atom. The van der Waals surface area contributed by atoms with Crippen LogP contribution in [-0.2, 0) is 11.0 Å². The van der Waals surface area contributed by atoms with E-state index in [-0.39, 0.29) is 15.9 Å². The number of nitro benzene ring substituents is 1. The molecule has 2 aliphatic rings. The minimum atomic E-state index is -4.81. The average molecular weight is 500 g/mol. The number of hydrogen-bond donors (Lipinski definition) is 0. The van der Waals surface area contributed by atoms with E-state index in [0.29, 0.717) is 44.3 Å². The summed E-state index contributed by atoms with van der Waals surface area (Å²) in [5.41, 5.74) is -1.81. The maximum Gasteiger partial charge on any atom is 0.416 e. The number of anilines is 1. The number of nitro groups is 1. The Bertz CT molecular complexity index is 1180. The zero-order chi connectivity index (χ0) is 24.6. The number of alkyl halides is 3. The van der Waals surface area contributed by atoms with Gasteiger partial charge in [0.15, 0.2) is 5.13 Å². The fourth-order valence-corrected chi connectivity index (χ4v) is 5.41. The number of hydrogen-bond acceptors (Lipinski definition) is 9. The van der Waals surface area contributed by atoms with E-state index in [0.717, 1.165) is 36.4 Å². The molecule has 0 radical (unpaired) electrons. The Balaban J connectivity index is 1.52. The van der Waals surface area contributed by atoms with Crippen molar-refractivity contribution in [3.8, 4) is 0 Å². The minimum Gasteiger partial charge on any atom is -0.396 e. The van der Waals surface area contributed by atoms with E-state index < -0.39 is 33.3 Å². The van der Waals surface area contributed by atoms with Crippen LogP contribution < -0.4 is 10.5 Å². The molecule has 1 aliphatic carbocycles. The minimum absolute atomic E-state index is 0.0985. The zero-order valence-corrected chi connectivity index (χ0v) is 19.5. The van der Waals surface area contributed by atoms with Crippen molar-refractivity contribution in [3.63, 3.8) is 0 Å². The first kappa shape index (κ1) is 24.3. The number of piperazine rings is 1. The maximum atomic E-state index is 13.2. The van der Waals surface area contributed by atoms with E-state index in [1.165, 1.54) is 0 Å². The largest absolute Gasteiger partial charge is 0.416 e. The number of benzene rings is 1. The molecule has 4 rings (SSSR count). The summed E-state index contributed by atoms with van der Waals surface area (Å²) in [6.45, 7) is 7.23. The third-order valence-electron chi connectivity index (χ3n) is 6.11. The second-order valence-electron chi connectivity index (χ2n) is 8.57. The molecule has 1 aliphatic heterocycles. The molecule has 34 heavy (non-hydrogen) atoms. The van der Waals surface area contributed by atoms with Gasteiger partial charge in [0, 0.05) is 38.3 Å². The first-order chi connectivity index (χ1) is 16.1. The lowest BCUT2D eigenvalue weighted by Gasteiger charge is -2.43. The Kier molecular flexibility index (Phi) is 6.76. The van der Waals surface area contributed by atoms with Crippen LogP contribution in [0.25, 0.3) is 10.1 Å². The van der Waals surface area contributed by atoms with Crippen molar-refractivity contribution < 1.29 is 22.9 Å². The molecular weight excluding hydrogens is 475 g/mol. The smallest absolute Gasteiger partial charge is 0.396 e. The van der Waals surface area contributed by atoms with E-state index in [1.807, 2.05) is 11.8 Å². The average Bonchev–Trinajstić information content (AvgIpc) is 2.74. The van der Waals surface area contributed by atoms with Crippen molar-refractivity contribution in [1.29, 1.82) is 0 Å². The fourth-order valence-electron chi connectivity index (χ4n) is 4.31. The topological polar surface area (TPSA) is 101 Å². The second-order valence-corrected chi connectivity index (χ2v) is 9.55. The Hall–Kier alpha value is -2.80. The lowest BCUT2D eigenvalue weighted by molar-refractivity contribution is -0.383. The predicted octanol–water partition coefficient (Wildman–Crippen LogP) is 3.90. The van der Waals surface area contributed by atoms with Gasteiger partial charge >= 0.3 is 6.18 Å². The van der Waals surface area contributed by atoms with E-state index in [2.05, 4.69) is 22.0 Å². The van der Waals surface area contributed by atoms with Crippen LogP contribution in [0.1, 0.15) is 32.3 Å². The quantitative estimate of drug-likeness (QED) is 0.439. The number of nitrogens with zero attached hydrogens (tertiary/aromatic N) is 5. The standard InChI is InChI=1S/C21H24F3N5O4S/c1-3-33-26-15-6-13(7-15)11-27-4-5-28(10-12(27)2)20-25-19(30)16-8-14(21(22,23)24)9-17(29(31)32)18(16)34-20/h8-9,12-13H,3-7,10-11H2,1-2H3. The van der Waals surface area contributed by atoms with E-state index >= 15 is 0 Å². The molecule has 1 saturated carbocycles. The molecule has 1 unspecified atom stereocenters. The van der Waals surface area contributed by atoms with Gasteiger partial charge in [-0.1, -0.05) is 16.5 Å². The van der Waals surface area contributed by atoms with Crippen LogP contribution in [0.4, 0.5) is 24.0 Å². The van der Waals surface area contributed by atoms with Crippen LogP contribution >= 0.6 is 11.3 Å². The van der Waals surface area contributed by atoms with E-state index in [1.54, 1.807) is 0 Å². The monoisotopic (exact) mass is 499 g/mol. The van der Waals surface area contributed by atoms with Crippen molar-refractivity contribution in [2.45, 2.75) is 38.9 Å². The van der Waals surface area contributed by atoms with Gasteiger partial charge in [0.05, 0.1) is 21.6 Å². The van der Waals surface area contributed by atoms with Gasteiger partial charge in [0.25, 0.3) is 11.2 Å². The van der Waals surface area contributed by atoms with Gasteiger partial charge in [0.2, 0.25) is 0 Å². The number of rotatable bonds is 6. The van der Waals surface area contributed by atoms with Crippen LogP contribution in [0.2, 0.25) is 0 Å². The van der Waals surface area contributed by atoms with Crippen molar-refractivity contribution in [3.05, 3.63) is 38.2 Å². The van der Waals surface area contributed by atoms with Crippen molar-refractivity contribution >= 4 is 38.0 Å². The Labute approximate surface area is 197 Å². The highest BCUT2D eigenvalue weighted by Gasteiger charge is 2.35. The Morgan fingerprint density at radius 1 is 1.32 bits per heavy atom. The molecule has 1 aromatic carbocycles. The third-order valence-corrected chi connectivity index (χ3v) is 7.28. The zero-order valence-electron chi connectivity index (χ0n) is 18.7. The highest BCUT2D eigenvalue weighted by molar-refractivity contribution is 7.22. The summed E-state index contributed by atoms with van der Waals surface area (Å²) in [7, 11) is 0. The van der Waals surface area contributed by atoms with Crippen LogP contribution in [0.3, 0.4) is 0 Å². The first-order valence-electron chi connectivity index (χ1n) is 10.9. The molecule has 2 aromatic rings. The molecule has 2 fully saturated rings. The van der Waals surface area contributed by atoms with Gasteiger partial charge in [-0.05, 0) is 38.7 Å². The Morgan fingerprint density at radius 2 is 2.06 bits per heavy atom. The SMILES string of the molecule is CCON=C1CC(CN2CCN(c3nc(=O)c4cc(C(F)(F)F)cc([N+](=O)[O-])c4s3)CC2C)C1. The lowest BCUT2D eigenvalue weighted by atomic mass is 9.82. The van der Waals surface area contributed by atoms with Gasteiger partial charge in [-0.25, -0.2) is 0 Å². The molecule has 1 atom stereocenters. The summed E-state index contributed by atoms with van der Waals surface area (Å²) in [6.07, 6.45) is -2.99. The lowest BCUT2D eigenvalue weighted by Crippen LogP contribution is -2.54. The summed E-state index contributed by atoms with van der Waals surface area (Å²) < 4.78 is 39.4. The molecule has 0 bridgehead atoms. The summed E-state index contributed by atoms with van der Waals surface area (Å²) in [6, 6.07) is 1.26. The number of fused-ring (bicyclic) bond motifs is 1. The predicted molar refractivity (Wildman–Crippen MR) is 123 cm³/mol. The molecule has 184 valence electrons. The summed E-state index contributed by atoms with van der Waals surface area (Å²) in [4.78, 5) is 36.5. The van der Waals surface area contributed by atoms with Crippen LogP contribution in [0.15, 0.2) is 22.1 Å². The number of halogens is 3. The third kappa shape index (κ3) is 4.99. The summed E-state index contributed by atoms with van der Waals surface area (Å²) >= 11 is 0.880. The molecule has 0 N–H and O–H groups in total. The number of oxime groups is 1. The first-order valence-corrected chi connectivity index (χ1v) is 11.8. The van der Waals surface area contributed by atoms with Gasteiger partial charge in [-0.15, -0.1) is 0 Å². The highest BCUT2D eigenvalue weighted by Crippen LogP contribution is 2.38. The van der Waals surface area contributed by atoms with E-state index in [9.17, 15) is 28.1 Å². The number of aromatic nitrogens is 1. The van der Waals surface area contributed by atoms with Crippen LogP contribution in [0.5, 0.6) is 0 Å². The molecule has 0 amide bonds. The molecule has 0 spiro atoms. The summed E-state index contributed by atoms with van der Waals surface area (Å²) in [5.74, 6) is 0.508. The molecule has 2 heterocycles. The fraction of sp³-hybridized carbons (Fsp3) is 0.571. The van der Waals surface area contributed by atoms with Gasteiger partial charge in [0.1, 0.15) is 11.3 Å². The van der Waals surface area contributed by atoms with Gasteiger partial charge in [-0.2, -0.15) is 18.2 Å². The molecule has 13 heteroatoms. The summed E-state index contributed by atoms with van der Waals surface area (Å²) in [5, 5.41) is 15.5. The van der Waals surface area contributed by atoms with Gasteiger partial charge < -0.3 is 9.74 Å². The van der Waals surface area contributed by atoms with Crippen LogP contribution in [0, 0.1) is 16.0 Å². The number of non-ortho nitro benzene ring substituents is 1. The molecule has 1 aromatic heterocycles.